The quantitative estimate of drug-likeness (QED) is 0.299. The summed E-state index contributed by atoms with van der Waals surface area (Å²) >= 11 is 4.81. The van der Waals surface area contributed by atoms with Crippen LogP contribution in [0.5, 0.6) is 5.75 Å². The summed E-state index contributed by atoms with van der Waals surface area (Å²) in [5.41, 5.74) is 2.35. The van der Waals surface area contributed by atoms with E-state index in [2.05, 4.69) is 10.7 Å². The average molecular weight is 225 g/mol. The van der Waals surface area contributed by atoms with Crippen molar-refractivity contribution in [1.29, 1.82) is 0 Å². The number of hydrazine groups is 1. The van der Waals surface area contributed by atoms with Crippen LogP contribution in [-0.2, 0) is 0 Å². The third-order valence-corrected chi connectivity index (χ3v) is 2.01. The van der Waals surface area contributed by atoms with E-state index in [4.69, 9.17) is 22.8 Å². The smallest absolute Gasteiger partial charge is 0.180 e. The minimum Gasteiger partial charge on any atom is -0.494 e. The lowest BCUT2D eigenvalue weighted by atomic mass is 10.3. The molecule has 82 valence electrons. The molecule has 0 atom stereocenters. The largest absolute Gasteiger partial charge is 0.494 e. The molecule has 0 heterocycles. The molecular weight excluding hydrogens is 210 g/mol. The number of benzene rings is 1. The Morgan fingerprint density at radius 3 is 2.73 bits per heavy atom. The Bertz CT molecular complexity index is 292. The molecule has 0 saturated heterocycles. The predicted molar refractivity (Wildman–Crippen MR) is 64.5 cm³/mol. The van der Waals surface area contributed by atoms with E-state index in [1.165, 1.54) is 0 Å². The fraction of sp³-hybridized carbons (Fsp3) is 0.300. The molecule has 1 rings (SSSR count). The fourth-order valence-corrected chi connectivity index (χ4v) is 1.13. The Kier molecular flexibility index (Phi) is 5.50. The standard InChI is InChI=1S/C10H15N3OS/c11-13-10(15)12-7-4-8-14-9-5-2-1-3-6-9/h1-3,5-6H,4,7-8,11H2,(H2,12,13,15). The van der Waals surface area contributed by atoms with Gasteiger partial charge >= 0.3 is 0 Å². The molecule has 0 fully saturated rings. The van der Waals surface area contributed by atoms with Crippen LogP contribution in [0.1, 0.15) is 6.42 Å². The Labute approximate surface area is 94.8 Å². The SMILES string of the molecule is NNC(=S)NCCCOc1ccccc1. The second kappa shape index (κ2) is 7.03. The van der Waals surface area contributed by atoms with Crippen molar-refractivity contribution < 1.29 is 4.74 Å². The topological polar surface area (TPSA) is 59.3 Å². The lowest BCUT2D eigenvalue weighted by Gasteiger charge is -2.07. The molecule has 0 unspecified atom stereocenters. The highest BCUT2D eigenvalue weighted by molar-refractivity contribution is 7.80. The lowest BCUT2D eigenvalue weighted by Crippen LogP contribution is -2.40. The third kappa shape index (κ3) is 5.19. The van der Waals surface area contributed by atoms with Crippen LogP contribution in [0.3, 0.4) is 0 Å². The van der Waals surface area contributed by atoms with Crippen molar-refractivity contribution in [2.24, 2.45) is 5.84 Å². The first kappa shape index (κ1) is 11.7. The van der Waals surface area contributed by atoms with Gasteiger partial charge in [0, 0.05) is 6.54 Å². The molecule has 0 aliphatic carbocycles. The second-order valence-electron chi connectivity index (χ2n) is 2.92. The zero-order valence-corrected chi connectivity index (χ0v) is 9.22. The van der Waals surface area contributed by atoms with Gasteiger partial charge in [0.1, 0.15) is 5.75 Å². The second-order valence-corrected chi connectivity index (χ2v) is 3.32. The number of rotatable bonds is 5. The van der Waals surface area contributed by atoms with E-state index in [1.54, 1.807) is 0 Å². The summed E-state index contributed by atoms with van der Waals surface area (Å²) in [5, 5.41) is 3.39. The molecule has 0 radical (unpaired) electrons. The van der Waals surface area contributed by atoms with Crippen LogP contribution >= 0.6 is 12.2 Å². The Balaban J connectivity index is 2.05. The molecule has 0 aliphatic heterocycles. The van der Waals surface area contributed by atoms with Crippen LogP contribution in [0, 0.1) is 0 Å². The molecule has 0 saturated carbocycles. The first-order valence-electron chi connectivity index (χ1n) is 4.75. The van der Waals surface area contributed by atoms with Crippen LogP contribution in [0.4, 0.5) is 0 Å². The zero-order valence-electron chi connectivity index (χ0n) is 8.40. The predicted octanol–water partition coefficient (Wildman–Crippen LogP) is 0.793. The van der Waals surface area contributed by atoms with E-state index < -0.39 is 0 Å². The van der Waals surface area contributed by atoms with Crippen molar-refractivity contribution in [3.63, 3.8) is 0 Å². The van der Waals surface area contributed by atoms with Gasteiger partial charge in [0.25, 0.3) is 0 Å². The summed E-state index contributed by atoms with van der Waals surface area (Å²) < 4.78 is 5.49. The van der Waals surface area contributed by atoms with Gasteiger partial charge in [-0.15, -0.1) is 0 Å². The van der Waals surface area contributed by atoms with Gasteiger partial charge in [-0.1, -0.05) is 18.2 Å². The summed E-state index contributed by atoms with van der Waals surface area (Å²) in [5.74, 6) is 5.98. The maximum absolute atomic E-state index is 5.49. The number of nitrogens with two attached hydrogens (primary N) is 1. The molecule has 15 heavy (non-hydrogen) atoms. The van der Waals surface area contributed by atoms with Crippen molar-refractivity contribution in [3.05, 3.63) is 30.3 Å². The van der Waals surface area contributed by atoms with Crippen LogP contribution in [-0.4, -0.2) is 18.3 Å². The van der Waals surface area contributed by atoms with E-state index in [0.717, 1.165) is 18.7 Å². The summed E-state index contributed by atoms with van der Waals surface area (Å²) in [6.07, 6.45) is 0.872. The van der Waals surface area contributed by atoms with Crippen molar-refractivity contribution in [3.8, 4) is 5.75 Å². The monoisotopic (exact) mass is 225 g/mol. The van der Waals surface area contributed by atoms with Crippen LogP contribution in [0.25, 0.3) is 0 Å². The zero-order chi connectivity index (χ0) is 10.9. The van der Waals surface area contributed by atoms with Gasteiger partial charge < -0.3 is 15.5 Å². The van der Waals surface area contributed by atoms with E-state index in [1.807, 2.05) is 30.3 Å². The van der Waals surface area contributed by atoms with E-state index in [9.17, 15) is 0 Å². The molecule has 1 aromatic rings. The molecule has 4 nitrogen and oxygen atoms in total. The minimum atomic E-state index is 0.453. The molecule has 0 bridgehead atoms. The van der Waals surface area contributed by atoms with Crippen molar-refractivity contribution in [2.45, 2.75) is 6.42 Å². The Morgan fingerprint density at radius 1 is 1.33 bits per heavy atom. The number of hydrogen-bond acceptors (Lipinski definition) is 3. The number of para-hydroxylation sites is 1. The first-order valence-corrected chi connectivity index (χ1v) is 5.16. The van der Waals surface area contributed by atoms with Crippen molar-refractivity contribution >= 4 is 17.3 Å². The van der Waals surface area contributed by atoms with Gasteiger partial charge in [-0.05, 0) is 30.8 Å². The fourth-order valence-electron chi connectivity index (χ4n) is 1.03. The summed E-state index contributed by atoms with van der Waals surface area (Å²) in [6, 6.07) is 9.71. The molecule has 1 aromatic carbocycles. The van der Waals surface area contributed by atoms with Gasteiger partial charge in [-0.3, -0.25) is 0 Å². The molecule has 0 amide bonds. The lowest BCUT2D eigenvalue weighted by molar-refractivity contribution is 0.311. The van der Waals surface area contributed by atoms with Crippen molar-refractivity contribution in [1.82, 2.24) is 10.7 Å². The normalized spacial score (nSPS) is 9.40. The highest BCUT2D eigenvalue weighted by Gasteiger charge is 1.93. The number of thiocarbonyl (C=S) groups is 1. The number of nitrogens with one attached hydrogen (secondary N) is 2. The highest BCUT2D eigenvalue weighted by Crippen LogP contribution is 2.07. The third-order valence-electron chi connectivity index (χ3n) is 1.75. The molecular formula is C10H15N3OS. The van der Waals surface area contributed by atoms with E-state index in [-0.39, 0.29) is 0 Å². The maximum atomic E-state index is 5.49. The minimum absolute atomic E-state index is 0.453. The van der Waals surface area contributed by atoms with Crippen LogP contribution in [0.2, 0.25) is 0 Å². The van der Waals surface area contributed by atoms with Gasteiger partial charge in [0.05, 0.1) is 6.61 Å². The van der Waals surface area contributed by atoms with Crippen LogP contribution < -0.4 is 21.3 Å². The maximum Gasteiger partial charge on any atom is 0.180 e. The molecule has 0 spiro atoms. The van der Waals surface area contributed by atoms with Gasteiger partial charge in [0.15, 0.2) is 5.11 Å². The Hall–Kier alpha value is -1.33. The Morgan fingerprint density at radius 2 is 2.07 bits per heavy atom. The van der Waals surface area contributed by atoms with E-state index >= 15 is 0 Å². The first-order chi connectivity index (χ1) is 7.33. The van der Waals surface area contributed by atoms with Crippen LogP contribution in [0.15, 0.2) is 30.3 Å². The van der Waals surface area contributed by atoms with Gasteiger partial charge in [-0.2, -0.15) is 0 Å². The average Bonchev–Trinajstić information content (AvgIpc) is 2.29. The molecule has 4 N–H and O–H groups in total. The molecule has 0 aliphatic rings. The highest BCUT2D eigenvalue weighted by atomic mass is 32.1. The number of ether oxygens (including phenoxy) is 1. The summed E-state index contributed by atoms with van der Waals surface area (Å²) in [6.45, 7) is 1.40. The summed E-state index contributed by atoms with van der Waals surface area (Å²) in [7, 11) is 0. The van der Waals surface area contributed by atoms with E-state index in [0.29, 0.717) is 11.7 Å². The van der Waals surface area contributed by atoms with Gasteiger partial charge in [0.2, 0.25) is 0 Å². The van der Waals surface area contributed by atoms with Crippen molar-refractivity contribution in [2.75, 3.05) is 13.2 Å². The molecule has 5 heteroatoms. The van der Waals surface area contributed by atoms with Gasteiger partial charge in [-0.25, -0.2) is 5.84 Å². The summed E-state index contributed by atoms with van der Waals surface area (Å²) in [4.78, 5) is 0. The molecule has 0 aromatic heterocycles. The number of hydrogen-bond donors (Lipinski definition) is 3.